The van der Waals surface area contributed by atoms with E-state index in [1.165, 1.54) is 44.4 Å². The zero-order valence-electron chi connectivity index (χ0n) is 18.2. The maximum Gasteiger partial charge on any atom is 0.0409 e. The molecule has 0 atom stereocenters. The Kier molecular flexibility index (Phi) is 66.2. The van der Waals surface area contributed by atoms with Gasteiger partial charge in [-0.15, -0.1) is 11.8 Å². The minimum atomic E-state index is 0. The molecule has 3 heteroatoms. The highest BCUT2D eigenvalue weighted by molar-refractivity contribution is 5.82. The van der Waals surface area contributed by atoms with Crippen LogP contribution in [0.2, 0.25) is 0 Å². The van der Waals surface area contributed by atoms with Crippen LogP contribution in [-0.4, -0.2) is 49.9 Å². The van der Waals surface area contributed by atoms with Crippen molar-refractivity contribution in [1.29, 1.82) is 0 Å². The monoisotopic (exact) mass is 403 g/mol. The van der Waals surface area contributed by atoms with Crippen LogP contribution in [0.4, 0.5) is 0 Å². The first-order valence-corrected chi connectivity index (χ1v) is 9.68. The van der Waals surface area contributed by atoms with E-state index in [0.29, 0.717) is 0 Å². The van der Waals surface area contributed by atoms with Gasteiger partial charge in [-0.05, 0) is 47.3 Å². The number of hydrogen-bond donors (Lipinski definition) is 0. The summed E-state index contributed by atoms with van der Waals surface area (Å²) in [5, 5.41) is 6.11. The molecule has 0 aromatic carbocycles. The summed E-state index contributed by atoms with van der Waals surface area (Å²) < 4.78 is 0. The van der Waals surface area contributed by atoms with Crippen LogP contribution in [0.15, 0.2) is 5.10 Å². The molecule has 0 fully saturated rings. The van der Waals surface area contributed by atoms with Crippen LogP contribution in [0.5, 0.6) is 0 Å². The van der Waals surface area contributed by atoms with E-state index in [-0.39, 0.29) is 29.7 Å². The smallest absolute Gasteiger partial charge is 0.0409 e. The first-order valence-electron chi connectivity index (χ1n) is 9.68. The molecular formula is C25H61N3. The summed E-state index contributed by atoms with van der Waals surface area (Å²) in [5.74, 6) is 5.77. The lowest BCUT2D eigenvalue weighted by Gasteiger charge is -2.03. The molecule has 0 aliphatic carbocycles. The van der Waals surface area contributed by atoms with Gasteiger partial charge in [0.05, 0.1) is 0 Å². The third kappa shape index (κ3) is 56.3. The number of hydrogen-bond acceptors (Lipinski definition) is 3. The van der Waals surface area contributed by atoms with Gasteiger partial charge >= 0.3 is 0 Å². The van der Waals surface area contributed by atoms with Crippen LogP contribution in [0.1, 0.15) is 116 Å². The predicted octanol–water partition coefficient (Wildman–Crippen LogP) is 8.21. The van der Waals surface area contributed by atoms with Gasteiger partial charge in [-0.2, -0.15) is 5.10 Å². The molecular weight excluding hydrogens is 342 g/mol. The Bertz CT molecular complexity index is 309. The van der Waals surface area contributed by atoms with Gasteiger partial charge in [0.25, 0.3) is 0 Å². The van der Waals surface area contributed by atoms with Gasteiger partial charge in [0, 0.05) is 32.1 Å². The lowest BCUT2D eigenvalue weighted by atomic mass is 10.3. The van der Waals surface area contributed by atoms with Gasteiger partial charge in [-0.1, -0.05) is 76.7 Å². The van der Waals surface area contributed by atoms with E-state index in [4.69, 9.17) is 0 Å². The first kappa shape index (κ1) is 45.6. The van der Waals surface area contributed by atoms with Gasteiger partial charge in [0.1, 0.15) is 0 Å². The maximum atomic E-state index is 4.14. The normalized spacial score (nSPS) is 10.1. The molecule has 0 spiro atoms. The minimum absolute atomic E-state index is 0. The van der Waals surface area contributed by atoms with Crippen molar-refractivity contribution >= 4 is 5.71 Å². The van der Waals surface area contributed by atoms with Crippen molar-refractivity contribution in [3.05, 3.63) is 0 Å². The largest absolute Gasteiger partial charge is 0.309 e. The van der Waals surface area contributed by atoms with Gasteiger partial charge in [-0.3, -0.25) is 5.01 Å². The number of hydrazone groups is 1. The van der Waals surface area contributed by atoms with Crippen LogP contribution in [-0.2, 0) is 0 Å². The highest BCUT2D eigenvalue weighted by atomic mass is 15.4. The predicted molar refractivity (Wildman–Crippen MR) is 140 cm³/mol. The highest BCUT2D eigenvalue weighted by Crippen LogP contribution is 2.00. The van der Waals surface area contributed by atoms with Crippen molar-refractivity contribution in [2.75, 3.05) is 34.2 Å². The Morgan fingerprint density at radius 1 is 0.929 bits per heavy atom. The van der Waals surface area contributed by atoms with Crippen LogP contribution in [0.25, 0.3) is 0 Å². The van der Waals surface area contributed by atoms with Crippen molar-refractivity contribution in [1.82, 2.24) is 9.91 Å². The zero-order chi connectivity index (χ0) is 19.2. The summed E-state index contributed by atoms with van der Waals surface area (Å²) in [5.41, 5.74) is 1.25. The van der Waals surface area contributed by atoms with Crippen molar-refractivity contribution < 1.29 is 0 Å². The molecule has 0 unspecified atom stereocenters. The molecule has 28 heavy (non-hydrogen) atoms. The van der Waals surface area contributed by atoms with Crippen LogP contribution in [0.3, 0.4) is 0 Å². The average molecular weight is 404 g/mol. The van der Waals surface area contributed by atoms with Gasteiger partial charge in [-0.25, -0.2) is 0 Å². The van der Waals surface area contributed by atoms with E-state index in [1.54, 1.807) is 0 Å². The molecule has 3 nitrogen and oxygen atoms in total. The van der Waals surface area contributed by atoms with Crippen molar-refractivity contribution in [3.63, 3.8) is 0 Å². The standard InChI is InChI=1S/C6H10.C5H10N2.C5H13N.C5H12.4CH4/c1-3-5-6-4-2;1-5-3-4-7(2)6-5;1-4-5-6(2)3;1-3-5-4-2;;;;/h3,5H2,1-2H3;3-4H2,1-2H3;4-5H2,1-3H3;3-5H2,1-2H3;4*1H4. The molecule has 0 saturated carbocycles. The number of unbranched alkanes of at least 4 members (excludes halogenated alkanes) is 3. The minimum Gasteiger partial charge on any atom is -0.309 e. The van der Waals surface area contributed by atoms with E-state index >= 15 is 0 Å². The topological polar surface area (TPSA) is 18.8 Å². The molecule has 0 amide bonds. The lowest BCUT2D eigenvalue weighted by molar-refractivity contribution is 0.393. The molecule has 0 aromatic rings. The summed E-state index contributed by atoms with van der Waals surface area (Å²) in [6, 6.07) is 0. The molecule has 0 N–H and O–H groups in total. The summed E-state index contributed by atoms with van der Waals surface area (Å²) in [4.78, 5) is 2.18. The van der Waals surface area contributed by atoms with Crippen molar-refractivity contribution in [2.45, 2.75) is 116 Å². The van der Waals surface area contributed by atoms with Gasteiger partial charge in [0.2, 0.25) is 0 Å². The molecule has 1 heterocycles. The SMILES string of the molecule is C.C.C.C.CC#CCCC.CC1=NN(C)CC1.CCCCC.CCCN(C)C. The molecule has 1 aliphatic rings. The fourth-order valence-electron chi connectivity index (χ4n) is 1.77. The Morgan fingerprint density at radius 2 is 1.43 bits per heavy atom. The van der Waals surface area contributed by atoms with Crippen LogP contribution >= 0.6 is 0 Å². The molecule has 1 rings (SSSR count). The molecule has 0 bridgehead atoms. The third-order valence-corrected chi connectivity index (χ3v) is 3.07. The molecule has 0 saturated heterocycles. The van der Waals surface area contributed by atoms with E-state index in [1.807, 2.05) is 19.0 Å². The summed E-state index contributed by atoms with van der Waals surface area (Å²) >= 11 is 0. The second-order valence-corrected chi connectivity index (χ2v) is 6.30. The Balaban J connectivity index is -0.0000000404. The fourth-order valence-corrected chi connectivity index (χ4v) is 1.77. The van der Waals surface area contributed by atoms with Crippen molar-refractivity contribution in [2.24, 2.45) is 5.10 Å². The van der Waals surface area contributed by atoms with E-state index in [9.17, 15) is 0 Å². The van der Waals surface area contributed by atoms with Crippen LogP contribution < -0.4 is 0 Å². The molecule has 0 radical (unpaired) electrons. The molecule has 0 aromatic heterocycles. The average Bonchev–Trinajstić information content (AvgIpc) is 2.91. The van der Waals surface area contributed by atoms with Crippen molar-refractivity contribution in [3.8, 4) is 11.8 Å². The first-order chi connectivity index (χ1) is 11.4. The van der Waals surface area contributed by atoms with Gasteiger partial charge in [0.15, 0.2) is 0 Å². The van der Waals surface area contributed by atoms with E-state index < -0.39 is 0 Å². The number of rotatable bonds is 5. The second kappa shape index (κ2) is 40.6. The van der Waals surface area contributed by atoms with Gasteiger partial charge < -0.3 is 4.90 Å². The molecule has 1 aliphatic heterocycles. The Morgan fingerprint density at radius 3 is 1.50 bits per heavy atom. The van der Waals surface area contributed by atoms with E-state index in [2.05, 4.69) is 70.6 Å². The fraction of sp³-hybridized carbons (Fsp3) is 0.880. The van der Waals surface area contributed by atoms with Crippen LogP contribution in [0, 0.1) is 11.8 Å². The quantitative estimate of drug-likeness (QED) is 0.431. The number of nitrogens with zero attached hydrogens (tertiary/aromatic N) is 3. The second-order valence-electron chi connectivity index (χ2n) is 6.30. The third-order valence-electron chi connectivity index (χ3n) is 3.07. The Labute approximate surface area is 183 Å². The highest BCUT2D eigenvalue weighted by Gasteiger charge is 2.03. The summed E-state index contributed by atoms with van der Waals surface area (Å²) in [7, 11) is 6.17. The Hall–Kier alpha value is -1.01. The maximum absolute atomic E-state index is 4.14. The zero-order valence-corrected chi connectivity index (χ0v) is 18.2. The lowest BCUT2D eigenvalue weighted by Crippen LogP contribution is -2.11. The summed E-state index contributed by atoms with van der Waals surface area (Å²) in [6.07, 6.45) is 8.72. The van der Waals surface area contributed by atoms with E-state index in [0.717, 1.165) is 19.4 Å². The molecule has 176 valence electrons. The summed E-state index contributed by atoms with van der Waals surface area (Å²) in [6.45, 7) is 15.0.